The van der Waals surface area contributed by atoms with Gasteiger partial charge in [-0.25, -0.2) is 9.97 Å². The number of nitrogens with zero attached hydrogens (tertiary/aromatic N) is 5. The highest BCUT2D eigenvalue weighted by molar-refractivity contribution is 5.79. The first-order valence-electron chi connectivity index (χ1n) is 5.23. The van der Waals surface area contributed by atoms with Crippen molar-refractivity contribution >= 4 is 16.8 Å². The van der Waals surface area contributed by atoms with Crippen LogP contribution in [0.15, 0.2) is 12.3 Å². The number of fused-ring (bicyclic) bond motifs is 3. The number of hydrogen-bond donors (Lipinski definition) is 0. The van der Waals surface area contributed by atoms with Crippen LogP contribution in [0.3, 0.4) is 0 Å². The summed E-state index contributed by atoms with van der Waals surface area (Å²) in [7, 11) is 1.60. The van der Waals surface area contributed by atoms with E-state index in [1.54, 1.807) is 19.4 Å². The quantitative estimate of drug-likeness (QED) is 0.629. The summed E-state index contributed by atoms with van der Waals surface area (Å²) < 4.78 is 7.14. The highest BCUT2D eigenvalue weighted by atomic mass is 16.5. The van der Waals surface area contributed by atoms with Gasteiger partial charge in [-0.2, -0.15) is 0 Å². The Hall–Kier alpha value is -2.24. The summed E-state index contributed by atoms with van der Waals surface area (Å²) in [6, 6.07) is 1.77. The summed E-state index contributed by atoms with van der Waals surface area (Å²) >= 11 is 0. The van der Waals surface area contributed by atoms with Gasteiger partial charge >= 0.3 is 0 Å². The molecular weight excluding hydrogens is 218 g/mol. The first kappa shape index (κ1) is 9.95. The van der Waals surface area contributed by atoms with Crippen LogP contribution < -0.4 is 4.74 Å². The molecule has 0 amide bonds. The zero-order chi connectivity index (χ0) is 12.0. The number of pyridine rings is 1. The molecule has 86 valence electrons. The molecule has 0 saturated heterocycles. The molecule has 0 bridgehead atoms. The first-order valence-corrected chi connectivity index (χ1v) is 5.23. The molecule has 0 unspecified atom stereocenters. The minimum atomic E-state index is 0.642. The fraction of sp³-hybridized carbons (Fsp3) is 0.273. The second-order valence-electron chi connectivity index (χ2n) is 3.79. The van der Waals surface area contributed by atoms with Crippen molar-refractivity contribution in [1.29, 1.82) is 0 Å². The zero-order valence-electron chi connectivity index (χ0n) is 9.80. The molecule has 3 aromatic heterocycles. The van der Waals surface area contributed by atoms with Crippen molar-refractivity contribution in [3.63, 3.8) is 0 Å². The Morgan fingerprint density at radius 3 is 2.76 bits per heavy atom. The standard InChI is InChI=1S/C11H11N5O/c1-6-10-15-14-9-8(17-3)4-5-12-11(9)16(10)7(2)13-6/h4-5H,1-3H3. The highest BCUT2D eigenvalue weighted by Crippen LogP contribution is 2.22. The second-order valence-corrected chi connectivity index (χ2v) is 3.79. The Kier molecular flexibility index (Phi) is 1.98. The number of rotatable bonds is 1. The Balaban J connectivity index is 2.56. The molecule has 0 aliphatic rings. The molecule has 0 saturated carbocycles. The van der Waals surface area contributed by atoms with Crippen LogP contribution in [0.5, 0.6) is 5.75 Å². The van der Waals surface area contributed by atoms with Gasteiger partial charge in [0, 0.05) is 12.3 Å². The van der Waals surface area contributed by atoms with E-state index in [0.717, 1.165) is 17.2 Å². The molecule has 0 atom stereocenters. The van der Waals surface area contributed by atoms with Crippen LogP contribution >= 0.6 is 0 Å². The molecule has 0 aliphatic carbocycles. The minimum absolute atomic E-state index is 0.642. The van der Waals surface area contributed by atoms with Gasteiger partial charge in [-0.15, -0.1) is 10.2 Å². The van der Waals surface area contributed by atoms with Crippen LogP contribution in [-0.2, 0) is 0 Å². The smallest absolute Gasteiger partial charge is 0.183 e. The highest BCUT2D eigenvalue weighted by Gasteiger charge is 2.13. The summed E-state index contributed by atoms with van der Waals surface area (Å²) in [5.74, 6) is 1.51. The maximum atomic E-state index is 5.25. The lowest BCUT2D eigenvalue weighted by molar-refractivity contribution is 0.418. The summed E-state index contributed by atoms with van der Waals surface area (Å²) in [4.78, 5) is 8.71. The van der Waals surface area contributed by atoms with Crippen LogP contribution in [0.25, 0.3) is 16.8 Å². The van der Waals surface area contributed by atoms with Crippen molar-refractivity contribution in [1.82, 2.24) is 24.6 Å². The van der Waals surface area contributed by atoms with Gasteiger partial charge < -0.3 is 4.74 Å². The molecule has 17 heavy (non-hydrogen) atoms. The molecular formula is C11H11N5O. The van der Waals surface area contributed by atoms with E-state index in [1.165, 1.54) is 0 Å². The third kappa shape index (κ3) is 1.27. The lowest BCUT2D eigenvalue weighted by atomic mass is 10.4. The van der Waals surface area contributed by atoms with Crippen molar-refractivity contribution in [2.75, 3.05) is 7.11 Å². The molecule has 3 rings (SSSR count). The van der Waals surface area contributed by atoms with Crippen LogP contribution in [0.1, 0.15) is 11.5 Å². The average molecular weight is 229 g/mol. The summed E-state index contributed by atoms with van der Waals surface area (Å²) in [5, 5.41) is 8.32. The Bertz CT molecular complexity index is 719. The van der Waals surface area contributed by atoms with E-state index < -0.39 is 0 Å². The van der Waals surface area contributed by atoms with Gasteiger partial charge in [0.25, 0.3) is 0 Å². The second kappa shape index (κ2) is 3.38. The molecule has 0 N–H and O–H groups in total. The van der Waals surface area contributed by atoms with Crippen molar-refractivity contribution in [3.8, 4) is 5.75 Å². The van der Waals surface area contributed by atoms with Gasteiger partial charge in [0.2, 0.25) is 0 Å². The van der Waals surface area contributed by atoms with E-state index in [-0.39, 0.29) is 0 Å². The molecule has 0 radical (unpaired) electrons. The number of ether oxygens (including phenoxy) is 1. The van der Waals surface area contributed by atoms with E-state index in [4.69, 9.17) is 4.74 Å². The molecule has 0 spiro atoms. The third-order valence-electron chi connectivity index (χ3n) is 2.73. The zero-order valence-corrected chi connectivity index (χ0v) is 9.80. The van der Waals surface area contributed by atoms with Crippen molar-refractivity contribution in [2.24, 2.45) is 0 Å². The molecule has 0 fully saturated rings. The van der Waals surface area contributed by atoms with Crippen LogP contribution in [0.4, 0.5) is 0 Å². The first-order chi connectivity index (χ1) is 8.22. The molecule has 3 aromatic rings. The number of aromatic nitrogens is 5. The number of imidazole rings is 1. The maximum Gasteiger partial charge on any atom is 0.183 e. The minimum Gasteiger partial charge on any atom is -0.494 e. The predicted molar refractivity (Wildman–Crippen MR) is 62.1 cm³/mol. The largest absolute Gasteiger partial charge is 0.494 e. The van der Waals surface area contributed by atoms with E-state index in [9.17, 15) is 0 Å². The molecule has 0 aliphatic heterocycles. The predicted octanol–water partition coefficient (Wildman–Crippen LogP) is 1.30. The van der Waals surface area contributed by atoms with Gasteiger partial charge in [0.05, 0.1) is 12.8 Å². The number of hydrogen-bond acceptors (Lipinski definition) is 5. The van der Waals surface area contributed by atoms with Crippen LogP contribution in [0, 0.1) is 13.8 Å². The topological polar surface area (TPSA) is 65.2 Å². The van der Waals surface area contributed by atoms with E-state index >= 15 is 0 Å². The Labute approximate surface area is 97.3 Å². The lowest BCUT2D eigenvalue weighted by Crippen LogP contribution is -2.00. The summed E-state index contributed by atoms with van der Waals surface area (Å²) in [6.45, 7) is 3.82. The monoisotopic (exact) mass is 229 g/mol. The maximum absolute atomic E-state index is 5.25. The lowest BCUT2D eigenvalue weighted by Gasteiger charge is -2.05. The number of aryl methyl sites for hydroxylation is 2. The van der Waals surface area contributed by atoms with Crippen molar-refractivity contribution in [2.45, 2.75) is 13.8 Å². The average Bonchev–Trinajstić information content (AvgIpc) is 2.64. The van der Waals surface area contributed by atoms with E-state index in [0.29, 0.717) is 16.9 Å². The van der Waals surface area contributed by atoms with Crippen molar-refractivity contribution < 1.29 is 4.74 Å². The van der Waals surface area contributed by atoms with Crippen LogP contribution in [0.2, 0.25) is 0 Å². The molecule has 3 heterocycles. The Morgan fingerprint density at radius 1 is 1.18 bits per heavy atom. The van der Waals surface area contributed by atoms with Gasteiger partial charge in [0.15, 0.2) is 22.6 Å². The summed E-state index contributed by atoms with van der Waals surface area (Å²) in [5.41, 5.74) is 2.94. The fourth-order valence-electron chi connectivity index (χ4n) is 1.97. The normalized spacial score (nSPS) is 11.2. The molecule has 6 heteroatoms. The van der Waals surface area contributed by atoms with E-state index in [2.05, 4.69) is 20.2 Å². The van der Waals surface area contributed by atoms with Gasteiger partial charge in [0.1, 0.15) is 5.82 Å². The van der Waals surface area contributed by atoms with Gasteiger partial charge in [-0.1, -0.05) is 0 Å². The summed E-state index contributed by atoms with van der Waals surface area (Å²) in [6.07, 6.45) is 1.69. The van der Waals surface area contributed by atoms with Crippen LogP contribution in [-0.4, -0.2) is 31.7 Å². The van der Waals surface area contributed by atoms with Crippen molar-refractivity contribution in [3.05, 3.63) is 23.8 Å². The molecule has 6 nitrogen and oxygen atoms in total. The fourth-order valence-corrected chi connectivity index (χ4v) is 1.97. The number of methoxy groups -OCH3 is 1. The Morgan fingerprint density at radius 2 is 2.00 bits per heavy atom. The molecule has 0 aromatic carbocycles. The van der Waals surface area contributed by atoms with Gasteiger partial charge in [-0.05, 0) is 13.8 Å². The third-order valence-corrected chi connectivity index (χ3v) is 2.73. The SMILES string of the molecule is COc1ccnc2c1nnc1c(C)nc(C)n12. The van der Waals surface area contributed by atoms with E-state index in [1.807, 2.05) is 18.2 Å². The van der Waals surface area contributed by atoms with Gasteiger partial charge in [-0.3, -0.25) is 4.40 Å².